The fourth-order valence-electron chi connectivity index (χ4n) is 3.64. The Kier molecular flexibility index (Phi) is 6.11. The Morgan fingerprint density at radius 1 is 1.40 bits per heavy atom. The molecule has 0 saturated heterocycles. The van der Waals surface area contributed by atoms with Gasteiger partial charge in [-0.25, -0.2) is 4.39 Å². The van der Waals surface area contributed by atoms with Gasteiger partial charge in [0.25, 0.3) is 5.91 Å². The number of carbonyl (C=O) groups excluding carboxylic acids is 1. The summed E-state index contributed by atoms with van der Waals surface area (Å²) in [5.41, 5.74) is 4.02. The lowest BCUT2D eigenvalue weighted by molar-refractivity contribution is -0.139. The molecule has 3 atom stereocenters. The average molecular weight is 427 g/mol. The van der Waals surface area contributed by atoms with Gasteiger partial charge in [-0.05, 0) is 37.5 Å². The van der Waals surface area contributed by atoms with Gasteiger partial charge in [0.2, 0.25) is 0 Å². The second-order valence-electron chi connectivity index (χ2n) is 7.16. The first kappa shape index (κ1) is 21.8. The molecule has 0 aliphatic heterocycles. The first-order chi connectivity index (χ1) is 14.1. The number of aliphatic imine (C=N–C) groups is 1. The zero-order valence-electron chi connectivity index (χ0n) is 16.0. The van der Waals surface area contributed by atoms with Crippen LogP contribution in [0, 0.1) is 11.7 Å². The highest BCUT2D eigenvalue weighted by atomic mass is 19.4. The maximum absolute atomic E-state index is 13.9. The van der Waals surface area contributed by atoms with Crippen molar-refractivity contribution in [2.45, 2.75) is 37.6 Å². The standard InChI is InChI=1S/C19H21F4N5O2/c1-25-8-10-6-12(29)3-5-16(10)28-9-13(17(24)30)18(27-28)26-11-2-4-14(15(20)7-11)19(21,22)23/h2,4,7-10,12,16,29H,3,5-6H2,1H3,(H2,24,30)(H,26,27)/t10-,12-,16+/m1/s1. The maximum Gasteiger partial charge on any atom is 0.419 e. The Balaban J connectivity index is 1.92. The van der Waals surface area contributed by atoms with E-state index in [2.05, 4.69) is 15.4 Å². The molecule has 1 aliphatic carbocycles. The molecule has 1 aliphatic rings. The van der Waals surface area contributed by atoms with Crippen molar-refractivity contribution in [2.24, 2.45) is 16.6 Å². The molecule has 162 valence electrons. The molecule has 0 unspecified atom stereocenters. The largest absolute Gasteiger partial charge is 0.419 e. The lowest BCUT2D eigenvalue weighted by Crippen LogP contribution is -2.31. The van der Waals surface area contributed by atoms with Crippen LogP contribution in [-0.4, -0.2) is 40.2 Å². The lowest BCUT2D eigenvalue weighted by Gasteiger charge is -2.32. The number of nitrogens with one attached hydrogen (secondary N) is 1. The first-order valence-corrected chi connectivity index (χ1v) is 9.23. The number of hydrogen-bond acceptors (Lipinski definition) is 5. The summed E-state index contributed by atoms with van der Waals surface area (Å²) in [7, 11) is 1.61. The SMILES string of the molecule is CN=C[C@H]1C[C@H](O)CC[C@@H]1n1cc(C(N)=O)c(Nc2ccc(C(F)(F)F)c(F)c2)n1. The summed E-state index contributed by atoms with van der Waals surface area (Å²) in [5, 5.41) is 16.9. The third-order valence-corrected chi connectivity index (χ3v) is 5.05. The molecule has 0 bridgehead atoms. The Morgan fingerprint density at radius 3 is 2.73 bits per heavy atom. The quantitative estimate of drug-likeness (QED) is 0.503. The monoisotopic (exact) mass is 427 g/mol. The number of benzene rings is 1. The van der Waals surface area contributed by atoms with Crippen LogP contribution in [0.5, 0.6) is 0 Å². The van der Waals surface area contributed by atoms with Gasteiger partial charge in [-0.3, -0.25) is 9.48 Å². The number of nitrogens with two attached hydrogens (primary N) is 1. The van der Waals surface area contributed by atoms with Gasteiger partial charge in [-0.15, -0.1) is 0 Å². The van der Waals surface area contributed by atoms with Crippen LogP contribution in [0.2, 0.25) is 0 Å². The van der Waals surface area contributed by atoms with Crippen molar-refractivity contribution in [3.63, 3.8) is 0 Å². The summed E-state index contributed by atoms with van der Waals surface area (Å²) in [4.78, 5) is 15.9. The lowest BCUT2D eigenvalue weighted by atomic mass is 9.83. The third-order valence-electron chi connectivity index (χ3n) is 5.05. The normalized spacial score (nSPS) is 22.4. The van der Waals surface area contributed by atoms with Crippen LogP contribution in [0.15, 0.2) is 29.4 Å². The van der Waals surface area contributed by atoms with Crippen molar-refractivity contribution < 1.29 is 27.5 Å². The van der Waals surface area contributed by atoms with Gasteiger partial charge in [0.15, 0.2) is 5.82 Å². The number of rotatable bonds is 5. The van der Waals surface area contributed by atoms with E-state index in [-0.39, 0.29) is 29.0 Å². The maximum atomic E-state index is 13.9. The first-order valence-electron chi connectivity index (χ1n) is 9.23. The third kappa shape index (κ3) is 4.61. The van der Waals surface area contributed by atoms with Gasteiger partial charge in [-0.1, -0.05) is 0 Å². The number of nitrogens with zero attached hydrogens (tertiary/aromatic N) is 3. The number of hydrogen-bond donors (Lipinski definition) is 3. The van der Waals surface area contributed by atoms with E-state index >= 15 is 0 Å². The van der Waals surface area contributed by atoms with Crippen molar-refractivity contribution in [2.75, 3.05) is 12.4 Å². The highest BCUT2D eigenvalue weighted by Crippen LogP contribution is 2.35. The Hall–Kier alpha value is -2.95. The van der Waals surface area contributed by atoms with E-state index in [0.717, 1.165) is 6.07 Å². The van der Waals surface area contributed by atoms with E-state index in [1.54, 1.807) is 13.3 Å². The Labute approximate surface area is 169 Å². The smallest absolute Gasteiger partial charge is 0.393 e. The zero-order chi connectivity index (χ0) is 22.1. The van der Waals surface area contributed by atoms with Gasteiger partial charge in [0, 0.05) is 31.1 Å². The molecule has 30 heavy (non-hydrogen) atoms. The van der Waals surface area contributed by atoms with Gasteiger partial charge >= 0.3 is 6.18 Å². The van der Waals surface area contributed by atoms with Gasteiger partial charge in [-0.2, -0.15) is 18.3 Å². The number of carbonyl (C=O) groups is 1. The van der Waals surface area contributed by atoms with Crippen LogP contribution in [0.1, 0.15) is 41.2 Å². The minimum atomic E-state index is -4.82. The molecule has 1 saturated carbocycles. The van der Waals surface area contributed by atoms with Crippen molar-refractivity contribution in [1.82, 2.24) is 9.78 Å². The molecule has 4 N–H and O–H groups in total. The number of aliphatic hydroxyl groups excluding tert-OH is 1. The summed E-state index contributed by atoms with van der Waals surface area (Å²) in [6.07, 6.45) is -0.558. The molecule has 0 radical (unpaired) electrons. The topological polar surface area (TPSA) is 106 Å². The van der Waals surface area contributed by atoms with Crippen LogP contribution in [0.25, 0.3) is 0 Å². The Bertz CT molecular complexity index is 957. The number of aliphatic hydroxyl groups is 1. The minimum Gasteiger partial charge on any atom is -0.393 e. The van der Waals surface area contributed by atoms with Crippen molar-refractivity contribution in [3.05, 3.63) is 41.3 Å². The van der Waals surface area contributed by atoms with E-state index in [9.17, 15) is 27.5 Å². The molecule has 1 heterocycles. The number of alkyl halides is 3. The van der Waals surface area contributed by atoms with Crippen molar-refractivity contribution in [1.29, 1.82) is 0 Å². The van der Waals surface area contributed by atoms with Gasteiger partial charge in [0.1, 0.15) is 11.4 Å². The predicted molar refractivity (Wildman–Crippen MR) is 102 cm³/mol. The Morgan fingerprint density at radius 2 is 2.13 bits per heavy atom. The van der Waals surface area contributed by atoms with E-state index in [1.165, 1.54) is 10.9 Å². The average Bonchev–Trinajstić information content (AvgIpc) is 3.05. The number of primary amides is 1. The molecule has 2 aromatic rings. The van der Waals surface area contributed by atoms with Gasteiger partial charge < -0.3 is 21.1 Å². The molecule has 0 spiro atoms. The molecule has 3 rings (SSSR count). The van der Waals surface area contributed by atoms with E-state index in [1.807, 2.05) is 0 Å². The zero-order valence-corrected chi connectivity index (χ0v) is 16.0. The highest BCUT2D eigenvalue weighted by Gasteiger charge is 2.34. The molecule has 1 aromatic heterocycles. The summed E-state index contributed by atoms with van der Waals surface area (Å²) in [5.74, 6) is -2.38. The van der Waals surface area contributed by atoms with Crippen molar-refractivity contribution in [3.8, 4) is 0 Å². The molecular formula is C19H21F4N5O2. The molecule has 1 fully saturated rings. The molecule has 1 amide bonds. The van der Waals surface area contributed by atoms with E-state index in [0.29, 0.717) is 31.4 Å². The second-order valence-corrected chi connectivity index (χ2v) is 7.16. The fourth-order valence-corrected chi connectivity index (χ4v) is 3.64. The van der Waals surface area contributed by atoms with Crippen LogP contribution in [0.3, 0.4) is 0 Å². The predicted octanol–water partition coefficient (Wildman–Crippen LogP) is 3.29. The van der Waals surface area contributed by atoms with Crippen LogP contribution in [-0.2, 0) is 6.18 Å². The van der Waals surface area contributed by atoms with Crippen LogP contribution in [0.4, 0.5) is 29.1 Å². The van der Waals surface area contributed by atoms with Gasteiger partial charge in [0.05, 0.1) is 17.7 Å². The summed E-state index contributed by atoms with van der Waals surface area (Å²) in [6.45, 7) is 0. The summed E-state index contributed by atoms with van der Waals surface area (Å²) in [6, 6.07) is 2.12. The second kappa shape index (κ2) is 8.42. The van der Waals surface area contributed by atoms with E-state index < -0.39 is 29.6 Å². The fraction of sp³-hybridized carbons (Fsp3) is 0.421. The van der Waals surface area contributed by atoms with Crippen LogP contribution >= 0.6 is 0 Å². The number of amides is 1. The van der Waals surface area contributed by atoms with E-state index in [4.69, 9.17) is 5.73 Å². The number of halogens is 4. The molecule has 7 nitrogen and oxygen atoms in total. The molecule has 1 aromatic carbocycles. The minimum absolute atomic E-state index is 0.0000298. The summed E-state index contributed by atoms with van der Waals surface area (Å²) >= 11 is 0. The molecule has 11 heteroatoms. The summed E-state index contributed by atoms with van der Waals surface area (Å²) < 4.78 is 53.6. The number of aromatic nitrogens is 2. The highest BCUT2D eigenvalue weighted by molar-refractivity contribution is 5.98. The van der Waals surface area contributed by atoms with Crippen molar-refractivity contribution >= 4 is 23.6 Å². The molecular weight excluding hydrogens is 406 g/mol. The van der Waals surface area contributed by atoms with Crippen LogP contribution < -0.4 is 11.1 Å². The number of anilines is 2.